The number of hydrogen-bond donors (Lipinski definition) is 1. The van der Waals surface area contributed by atoms with E-state index in [0.29, 0.717) is 22.6 Å². The van der Waals surface area contributed by atoms with E-state index in [0.717, 1.165) is 11.8 Å². The molecule has 256 valence electrons. The summed E-state index contributed by atoms with van der Waals surface area (Å²) in [6.45, 7) is 9.73. The summed E-state index contributed by atoms with van der Waals surface area (Å²) in [6, 6.07) is 8.62. The summed E-state index contributed by atoms with van der Waals surface area (Å²) in [4.78, 5) is 52.7. The maximum atomic E-state index is 14.1. The Labute approximate surface area is 277 Å². The topological polar surface area (TPSA) is 195 Å². The second-order valence-electron chi connectivity index (χ2n) is 12.1. The zero-order valence-electron chi connectivity index (χ0n) is 27.3. The average Bonchev–Trinajstić information content (AvgIpc) is 3.62. The zero-order valence-corrected chi connectivity index (χ0v) is 28.9. The molecular weight excluding hydrogens is 652 g/mol. The molecule has 0 radical (unpaired) electrons. The molecule has 3 unspecified atom stereocenters. The van der Waals surface area contributed by atoms with Crippen LogP contribution in [0.5, 0.6) is 5.88 Å². The lowest BCUT2D eigenvalue weighted by Gasteiger charge is -2.29. The maximum absolute atomic E-state index is 14.1. The van der Waals surface area contributed by atoms with Gasteiger partial charge in [-0.2, -0.15) is 5.26 Å². The Kier molecular flexibility index (Phi) is 12.4. The molecule has 0 spiro atoms. The number of hydrogen-bond acceptors (Lipinski definition) is 13. The first kappa shape index (κ1) is 37.4. The fourth-order valence-corrected chi connectivity index (χ4v) is 8.75. The van der Waals surface area contributed by atoms with Crippen molar-refractivity contribution in [3.63, 3.8) is 0 Å². The van der Waals surface area contributed by atoms with Gasteiger partial charge in [0.15, 0.2) is 20.9 Å². The number of amides is 2. The highest BCUT2D eigenvalue weighted by atomic mass is 33.1. The van der Waals surface area contributed by atoms with Gasteiger partial charge in [0.05, 0.1) is 29.0 Å². The molecule has 14 nitrogen and oxygen atoms in total. The van der Waals surface area contributed by atoms with Crippen LogP contribution in [0.3, 0.4) is 0 Å². The highest BCUT2D eigenvalue weighted by Crippen LogP contribution is 2.35. The van der Waals surface area contributed by atoms with Crippen LogP contribution in [-0.2, 0) is 32.7 Å². The zero-order chi connectivity index (χ0) is 35.1. The molecule has 1 aliphatic heterocycles. The van der Waals surface area contributed by atoms with Gasteiger partial charge in [0.2, 0.25) is 11.8 Å². The highest BCUT2D eigenvalue weighted by Gasteiger charge is 2.46. The minimum atomic E-state index is -3.45. The van der Waals surface area contributed by atoms with Crippen molar-refractivity contribution in [2.24, 2.45) is 5.92 Å². The van der Waals surface area contributed by atoms with Gasteiger partial charge in [0.1, 0.15) is 30.8 Å². The van der Waals surface area contributed by atoms with Crippen LogP contribution in [0.25, 0.3) is 0 Å². The molecule has 1 N–H and O–H groups in total. The molecule has 2 amide bonds. The SMILES string of the molecule is CC(NC(=O)[C@@H]1C[C@@H](OC(=O)OC(C)C(C)(C)SS(C)(=O)=O)CN1C(=O)C(c1cc(OCC=O)no1)C(C)C)c1ccc(C#N)cc1. The number of carbonyl (C=O) groups excluding carboxylic acids is 4. The third-order valence-corrected chi connectivity index (χ3v) is 10.9. The van der Waals surface area contributed by atoms with Crippen molar-refractivity contribution in [2.45, 2.75) is 82.9 Å². The Morgan fingerprint density at radius 2 is 1.87 bits per heavy atom. The predicted molar refractivity (Wildman–Crippen MR) is 171 cm³/mol. The van der Waals surface area contributed by atoms with Gasteiger partial charge >= 0.3 is 6.16 Å². The van der Waals surface area contributed by atoms with Crippen molar-refractivity contribution in [3.05, 3.63) is 47.2 Å². The van der Waals surface area contributed by atoms with Crippen LogP contribution in [-0.4, -0.2) is 85.1 Å². The summed E-state index contributed by atoms with van der Waals surface area (Å²) in [6.07, 6.45) is -1.31. The fraction of sp³-hybridized carbons (Fsp3) is 0.548. The van der Waals surface area contributed by atoms with Gasteiger partial charge < -0.3 is 29.0 Å². The maximum Gasteiger partial charge on any atom is 0.508 e. The average molecular weight is 693 g/mol. The molecule has 47 heavy (non-hydrogen) atoms. The molecule has 16 heteroatoms. The van der Waals surface area contributed by atoms with Crippen LogP contribution in [0.4, 0.5) is 4.79 Å². The summed E-state index contributed by atoms with van der Waals surface area (Å²) in [5.74, 6) is -2.02. The largest absolute Gasteiger partial charge is 0.508 e. The summed E-state index contributed by atoms with van der Waals surface area (Å²) < 4.78 is 44.2. The molecule has 1 aliphatic rings. The third-order valence-electron chi connectivity index (χ3n) is 7.67. The highest BCUT2D eigenvalue weighted by molar-refractivity contribution is 8.72. The quantitative estimate of drug-likeness (QED) is 0.171. The number of nitrogens with one attached hydrogen (secondary N) is 1. The first-order chi connectivity index (χ1) is 21.9. The van der Waals surface area contributed by atoms with Crippen LogP contribution in [0.2, 0.25) is 0 Å². The van der Waals surface area contributed by atoms with Crippen molar-refractivity contribution in [1.82, 2.24) is 15.4 Å². The van der Waals surface area contributed by atoms with Crippen LogP contribution in [0.1, 0.15) is 76.8 Å². The van der Waals surface area contributed by atoms with Gasteiger partial charge in [-0.15, -0.1) is 0 Å². The van der Waals surface area contributed by atoms with E-state index in [1.807, 2.05) is 6.07 Å². The van der Waals surface area contributed by atoms with Gasteiger partial charge in [-0.25, -0.2) is 13.2 Å². The first-order valence-corrected chi connectivity index (χ1v) is 18.1. The Hall–Kier alpha value is -4.10. The Morgan fingerprint density at radius 3 is 2.45 bits per heavy atom. The van der Waals surface area contributed by atoms with Crippen molar-refractivity contribution >= 4 is 43.9 Å². The number of rotatable bonds is 14. The lowest BCUT2D eigenvalue weighted by molar-refractivity contribution is -0.141. The van der Waals surface area contributed by atoms with E-state index >= 15 is 0 Å². The van der Waals surface area contributed by atoms with Gasteiger partial charge in [-0.1, -0.05) is 26.0 Å². The predicted octanol–water partition coefficient (Wildman–Crippen LogP) is 3.72. The number of carbonyl (C=O) groups is 4. The molecule has 1 aromatic carbocycles. The third kappa shape index (κ3) is 10.2. The molecule has 1 fully saturated rings. The monoisotopic (exact) mass is 692 g/mol. The lowest BCUT2D eigenvalue weighted by atomic mass is 9.91. The Bertz CT molecular complexity index is 1580. The molecule has 0 bridgehead atoms. The smallest absolute Gasteiger partial charge is 0.468 e. The van der Waals surface area contributed by atoms with E-state index in [1.165, 1.54) is 11.0 Å². The molecule has 2 heterocycles. The molecule has 0 saturated carbocycles. The Morgan fingerprint density at radius 1 is 1.21 bits per heavy atom. The van der Waals surface area contributed by atoms with Crippen molar-refractivity contribution in [1.29, 1.82) is 5.26 Å². The van der Waals surface area contributed by atoms with E-state index in [-0.39, 0.29) is 37.1 Å². The van der Waals surface area contributed by atoms with Gasteiger partial charge in [0.25, 0.3) is 5.88 Å². The van der Waals surface area contributed by atoms with Gasteiger partial charge in [-0.05, 0) is 67.3 Å². The number of likely N-dealkylation sites (tertiary alicyclic amines) is 1. The summed E-state index contributed by atoms with van der Waals surface area (Å²) in [7, 11) is -2.79. The minimum absolute atomic E-state index is 0.0209. The van der Waals surface area contributed by atoms with E-state index in [1.54, 1.807) is 65.8 Å². The van der Waals surface area contributed by atoms with Crippen LogP contribution in [0.15, 0.2) is 34.9 Å². The molecule has 3 rings (SSSR count). The first-order valence-electron chi connectivity index (χ1n) is 14.9. The number of aldehydes is 1. The molecule has 1 saturated heterocycles. The molecule has 0 aliphatic carbocycles. The number of ether oxygens (including phenoxy) is 3. The van der Waals surface area contributed by atoms with Crippen molar-refractivity contribution in [3.8, 4) is 11.9 Å². The Balaban J connectivity index is 1.84. The minimum Gasteiger partial charge on any atom is -0.468 e. The number of aromatic nitrogens is 1. The van der Waals surface area contributed by atoms with Crippen molar-refractivity contribution < 1.29 is 46.3 Å². The molecule has 1 aromatic heterocycles. The van der Waals surface area contributed by atoms with Gasteiger partial charge in [0, 0.05) is 18.7 Å². The molecule has 2 aromatic rings. The normalized spacial score (nSPS) is 18.5. The van der Waals surface area contributed by atoms with Crippen LogP contribution in [0, 0.1) is 17.2 Å². The number of nitrogens with zero attached hydrogens (tertiary/aromatic N) is 3. The van der Waals surface area contributed by atoms with E-state index in [9.17, 15) is 27.6 Å². The summed E-state index contributed by atoms with van der Waals surface area (Å²) in [5, 5.41) is 15.8. The van der Waals surface area contributed by atoms with E-state index in [2.05, 4.69) is 10.5 Å². The van der Waals surface area contributed by atoms with E-state index in [4.69, 9.17) is 24.0 Å². The second-order valence-corrected chi connectivity index (χ2v) is 17.1. The van der Waals surface area contributed by atoms with Crippen LogP contribution < -0.4 is 10.1 Å². The summed E-state index contributed by atoms with van der Waals surface area (Å²) in [5.41, 5.74) is 1.20. The molecule has 5 atom stereocenters. The number of benzene rings is 1. The van der Waals surface area contributed by atoms with E-state index < -0.39 is 61.8 Å². The summed E-state index contributed by atoms with van der Waals surface area (Å²) >= 11 is 0. The standard InChI is InChI=1S/C31H40N4O10S2/c1-18(2)27(25-15-26(34-45-25)42-13-12-36)29(38)35-17-23(44-30(39)43-20(4)31(5,6)46-47(7,40)41)14-24(35)28(37)33-19(3)22-10-8-21(16-32)9-11-22/h8-12,15,18-20,23-24,27H,13-14,17H2,1-7H3,(H,33,37)/t19?,20?,23-,24+,27?/m1/s1. The second kappa shape index (κ2) is 15.7. The van der Waals surface area contributed by atoms with Gasteiger partial charge in [-0.3, -0.25) is 14.4 Å². The lowest BCUT2D eigenvalue weighted by Crippen LogP contribution is -2.48. The van der Waals surface area contributed by atoms with Crippen molar-refractivity contribution in [2.75, 3.05) is 19.4 Å². The number of nitriles is 1. The molecular formula is C31H40N4O10S2. The fourth-order valence-electron chi connectivity index (χ4n) is 5.04. The van der Waals surface area contributed by atoms with Crippen LogP contribution >= 0.6 is 10.8 Å².